The molecular formula is C30H27F7N2O. The van der Waals surface area contributed by atoms with Crippen LogP contribution in [0.4, 0.5) is 30.7 Å². The van der Waals surface area contributed by atoms with E-state index in [1.807, 2.05) is 32.9 Å². The molecule has 4 aromatic rings. The number of H-pyrrole nitrogens is 1. The Morgan fingerprint density at radius 1 is 0.800 bits per heavy atom. The van der Waals surface area contributed by atoms with Crippen molar-refractivity contribution in [3.05, 3.63) is 106 Å². The largest absolute Gasteiger partial charge is 0.419 e. The average Bonchev–Trinajstić information content (AvgIpc) is 3.34. The standard InChI is InChI=1S/C30H27F7N2O/c1-28(2,3)21-7-4-19(5-8-21)17-39(13-11-18-6-9-25(31)24(14-18)30(35,36)37)27(40)23-16-22(29(32,33)34)15-20-10-12-38-26(20)23/h4-10,12,14-16,38H,11,13,17H2,1-3H3. The summed E-state index contributed by atoms with van der Waals surface area (Å²) >= 11 is 0. The monoisotopic (exact) mass is 564 g/mol. The molecule has 0 aliphatic heterocycles. The fourth-order valence-corrected chi connectivity index (χ4v) is 4.47. The number of nitrogens with one attached hydrogen (secondary N) is 1. The number of aromatic nitrogens is 1. The molecule has 1 aromatic heterocycles. The third kappa shape index (κ3) is 6.48. The lowest BCUT2D eigenvalue weighted by Gasteiger charge is -2.25. The van der Waals surface area contributed by atoms with Gasteiger partial charge in [-0.1, -0.05) is 51.1 Å². The van der Waals surface area contributed by atoms with Gasteiger partial charge in [-0.15, -0.1) is 0 Å². The minimum absolute atomic E-state index is 0.00493. The van der Waals surface area contributed by atoms with Crippen molar-refractivity contribution in [2.45, 2.75) is 51.5 Å². The van der Waals surface area contributed by atoms with Crippen LogP contribution in [0.15, 0.2) is 66.9 Å². The topological polar surface area (TPSA) is 36.1 Å². The molecule has 0 fully saturated rings. The van der Waals surface area contributed by atoms with Gasteiger partial charge in [0, 0.05) is 24.7 Å². The number of rotatable bonds is 6. The normalized spacial score (nSPS) is 12.7. The molecule has 1 N–H and O–H groups in total. The second-order valence-corrected chi connectivity index (χ2v) is 10.7. The first-order valence-corrected chi connectivity index (χ1v) is 12.5. The molecule has 40 heavy (non-hydrogen) atoms. The molecule has 0 aliphatic rings. The van der Waals surface area contributed by atoms with E-state index in [0.29, 0.717) is 17.7 Å². The van der Waals surface area contributed by atoms with Gasteiger partial charge in [0.2, 0.25) is 0 Å². The second kappa shape index (κ2) is 10.6. The molecule has 1 amide bonds. The first-order chi connectivity index (χ1) is 18.5. The molecule has 0 spiro atoms. The van der Waals surface area contributed by atoms with Crippen molar-refractivity contribution in [1.29, 1.82) is 0 Å². The summed E-state index contributed by atoms with van der Waals surface area (Å²) in [7, 11) is 0. The Balaban J connectivity index is 1.71. The summed E-state index contributed by atoms with van der Waals surface area (Å²) in [6, 6.07) is 13.1. The fourth-order valence-electron chi connectivity index (χ4n) is 4.47. The summed E-state index contributed by atoms with van der Waals surface area (Å²) < 4.78 is 94.4. The Morgan fingerprint density at radius 3 is 2.05 bits per heavy atom. The summed E-state index contributed by atoms with van der Waals surface area (Å²) in [5, 5.41) is 0.195. The van der Waals surface area contributed by atoms with Gasteiger partial charge < -0.3 is 9.88 Å². The maximum absolute atomic E-state index is 13.8. The highest BCUT2D eigenvalue weighted by Gasteiger charge is 2.35. The van der Waals surface area contributed by atoms with Gasteiger partial charge in [0.05, 0.1) is 22.2 Å². The van der Waals surface area contributed by atoms with Gasteiger partial charge in [-0.05, 0) is 58.9 Å². The number of carbonyl (C=O) groups excluding carboxylic acids is 1. The number of alkyl halides is 6. The van der Waals surface area contributed by atoms with Crippen molar-refractivity contribution in [1.82, 2.24) is 9.88 Å². The summed E-state index contributed by atoms with van der Waals surface area (Å²) in [5.41, 5.74) is -0.703. The molecule has 0 saturated carbocycles. The third-order valence-electron chi connectivity index (χ3n) is 6.70. The maximum Gasteiger partial charge on any atom is 0.419 e. The highest BCUT2D eigenvalue weighted by atomic mass is 19.4. The molecule has 3 nitrogen and oxygen atoms in total. The van der Waals surface area contributed by atoms with Crippen LogP contribution in [0.3, 0.4) is 0 Å². The van der Waals surface area contributed by atoms with Crippen molar-refractivity contribution in [3.63, 3.8) is 0 Å². The molecular weight excluding hydrogens is 537 g/mol. The number of aromatic amines is 1. The number of fused-ring (bicyclic) bond motifs is 1. The van der Waals surface area contributed by atoms with Crippen molar-refractivity contribution in [2.75, 3.05) is 6.54 Å². The number of carbonyl (C=O) groups is 1. The molecule has 3 aromatic carbocycles. The van der Waals surface area contributed by atoms with E-state index in [4.69, 9.17) is 0 Å². The van der Waals surface area contributed by atoms with Gasteiger partial charge in [-0.2, -0.15) is 26.3 Å². The zero-order chi connectivity index (χ0) is 29.5. The molecule has 0 unspecified atom stereocenters. The summed E-state index contributed by atoms with van der Waals surface area (Å²) in [6.07, 6.45) is -8.26. The Morgan fingerprint density at radius 2 is 1.45 bits per heavy atom. The number of hydrogen-bond acceptors (Lipinski definition) is 1. The van der Waals surface area contributed by atoms with Gasteiger partial charge in [-0.25, -0.2) is 4.39 Å². The van der Waals surface area contributed by atoms with Crippen LogP contribution in [-0.2, 0) is 30.7 Å². The van der Waals surface area contributed by atoms with Gasteiger partial charge in [0.1, 0.15) is 5.82 Å². The van der Waals surface area contributed by atoms with E-state index in [1.165, 1.54) is 23.2 Å². The minimum atomic E-state index is -4.90. The van der Waals surface area contributed by atoms with Crippen LogP contribution in [0.2, 0.25) is 0 Å². The van der Waals surface area contributed by atoms with E-state index in [2.05, 4.69) is 4.98 Å². The maximum atomic E-state index is 13.8. The molecule has 4 rings (SSSR count). The predicted octanol–water partition coefficient (Wildman–Crippen LogP) is 8.53. The van der Waals surface area contributed by atoms with Crippen LogP contribution >= 0.6 is 0 Å². The molecule has 1 heterocycles. The molecule has 212 valence electrons. The number of hydrogen-bond donors (Lipinski definition) is 1. The Hall–Kier alpha value is -3.82. The predicted molar refractivity (Wildman–Crippen MR) is 138 cm³/mol. The highest BCUT2D eigenvalue weighted by Crippen LogP contribution is 2.34. The minimum Gasteiger partial charge on any atom is -0.361 e. The van der Waals surface area contributed by atoms with E-state index in [0.717, 1.165) is 17.7 Å². The highest BCUT2D eigenvalue weighted by molar-refractivity contribution is 6.06. The van der Waals surface area contributed by atoms with Crippen molar-refractivity contribution in [3.8, 4) is 0 Å². The van der Waals surface area contributed by atoms with Crippen LogP contribution in [0.25, 0.3) is 10.9 Å². The molecule has 0 aliphatic carbocycles. The lowest BCUT2D eigenvalue weighted by Crippen LogP contribution is -2.33. The Bertz CT molecular complexity index is 1510. The molecule has 0 bridgehead atoms. The fraction of sp³-hybridized carbons (Fsp3) is 0.300. The van der Waals surface area contributed by atoms with Gasteiger partial charge in [0.15, 0.2) is 0 Å². The van der Waals surface area contributed by atoms with Gasteiger partial charge in [0.25, 0.3) is 5.91 Å². The Kier molecular flexibility index (Phi) is 7.75. The quantitative estimate of drug-likeness (QED) is 0.234. The second-order valence-electron chi connectivity index (χ2n) is 10.7. The zero-order valence-corrected chi connectivity index (χ0v) is 22.0. The van der Waals surface area contributed by atoms with E-state index in [1.54, 1.807) is 12.1 Å². The van der Waals surface area contributed by atoms with Crippen molar-refractivity contribution >= 4 is 16.8 Å². The van der Waals surface area contributed by atoms with Gasteiger partial charge in [-0.3, -0.25) is 4.79 Å². The van der Waals surface area contributed by atoms with E-state index >= 15 is 0 Å². The SMILES string of the molecule is CC(C)(C)c1ccc(CN(CCc2ccc(F)c(C(F)(F)F)c2)C(=O)c2cc(C(F)(F)F)cc3cc[nH]c23)cc1. The molecule has 0 atom stereocenters. The van der Waals surface area contributed by atoms with Crippen LogP contribution < -0.4 is 0 Å². The third-order valence-corrected chi connectivity index (χ3v) is 6.70. The van der Waals surface area contributed by atoms with Crippen LogP contribution in [0, 0.1) is 5.82 Å². The molecule has 0 radical (unpaired) electrons. The van der Waals surface area contributed by atoms with Crippen molar-refractivity contribution < 1.29 is 35.5 Å². The zero-order valence-electron chi connectivity index (χ0n) is 22.0. The van der Waals surface area contributed by atoms with Crippen LogP contribution in [0.1, 0.15) is 58.9 Å². The van der Waals surface area contributed by atoms with Crippen LogP contribution in [-0.4, -0.2) is 22.3 Å². The summed E-state index contributed by atoms with van der Waals surface area (Å²) in [4.78, 5) is 17.9. The smallest absolute Gasteiger partial charge is 0.361 e. The molecule has 10 heteroatoms. The number of halogens is 7. The van der Waals surface area contributed by atoms with Crippen LogP contribution in [0.5, 0.6) is 0 Å². The first kappa shape index (κ1) is 29.2. The molecule has 0 saturated heterocycles. The average molecular weight is 565 g/mol. The lowest BCUT2D eigenvalue weighted by molar-refractivity contribution is -0.140. The van der Waals surface area contributed by atoms with Crippen molar-refractivity contribution in [2.24, 2.45) is 0 Å². The van der Waals surface area contributed by atoms with E-state index < -0.39 is 35.2 Å². The van der Waals surface area contributed by atoms with E-state index in [-0.39, 0.29) is 47.0 Å². The summed E-state index contributed by atoms with van der Waals surface area (Å²) in [5.74, 6) is -2.14. The number of amides is 1. The number of benzene rings is 3. The lowest BCUT2D eigenvalue weighted by atomic mass is 9.87. The van der Waals surface area contributed by atoms with Gasteiger partial charge >= 0.3 is 12.4 Å². The number of nitrogens with zero attached hydrogens (tertiary/aromatic N) is 1. The summed E-state index contributed by atoms with van der Waals surface area (Å²) in [6.45, 7) is 5.97. The Labute approximate surface area is 226 Å². The van der Waals surface area contributed by atoms with E-state index in [9.17, 15) is 35.5 Å². The first-order valence-electron chi connectivity index (χ1n) is 12.5.